The molecule has 1 aliphatic heterocycles. The van der Waals surface area contributed by atoms with Gasteiger partial charge in [-0.25, -0.2) is 0 Å². The van der Waals surface area contributed by atoms with E-state index in [2.05, 4.69) is 17.1 Å². The van der Waals surface area contributed by atoms with Crippen LogP contribution in [0.15, 0.2) is 0 Å². The molecule has 20 heavy (non-hydrogen) atoms. The predicted molar refractivity (Wildman–Crippen MR) is 82.7 cm³/mol. The van der Waals surface area contributed by atoms with Crippen LogP contribution in [0.1, 0.15) is 58.3 Å². The molecule has 3 heteroatoms. The van der Waals surface area contributed by atoms with Crippen LogP contribution in [0.3, 0.4) is 0 Å². The molecular formula is C17H32N2O. The van der Waals surface area contributed by atoms with Crippen molar-refractivity contribution in [3.05, 3.63) is 0 Å². The molecule has 1 saturated heterocycles. The highest BCUT2D eigenvalue weighted by molar-refractivity contribution is 4.91. The van der Waals surface area contributed by atoms with Crippen molar-refractivity contribution in [2.24, 2.45) is 11.8 Å². The van der Waals surface area contributed by atoms with Crippen LogP contribution in [-0.2, 0) is 0 Å². The summed E-state index contributed by atoms with van der Waals surface area (Å²) in [6.07, 6.45) is 10.2. The second-order valence-corrected chi connectivity index (χ2v) is 7.49. The van der Waals surface area contributed by atoms with Crippen molar-refractivity contribution in [3.8, 4) is 0 Å². The number of aliphatic hydroxyl groups excluding tert-OH is 1. The third-order valence-corrected chi connectivity index (χ3v) is 5.63. The maximum atomic E-state index is 9.98. The third-order valence-electron chi connectivity index (χ3n) is 5.63. The number of nitrogens with zero attached hydrogens (tertiary/aromatic N) is 1. The number of likely N-dealkylation sites (tertiary alicyclic amines) is 1. The zero-order valence-corrected chi connectivity index (χ0v) is 13.1. The van der Waals surface area contributed by atoms with E-state index < -0.39 is 0 Å². The first-order valence-electron chi connectivity index (χ1n) is 8.90. The molecule has 3 unspecified atom stereocenters. The zero-order chi connectivity index (χ0) is 13.9. The van der Waals surface area contributed by atoms with Crippen molar-refractivity contribution in [2.45, 2.75) is 76.5 Å². The first-order chi connectivity index (χ1) is 9.74. The molecule has 3 nitrogen and oxygen atoms in total. The second-order valence-electron chi connectivity index (χ2n) is 7.49. The number of rotatable bonds is 7. The van der Waals surface area contributed by atoms with E-state index in [4.69, 9.17) is 0 Å². The van der Waals surface area contributed by atoms with E-state index >= 15 is 0 Å². The fourth-order valence-corrected chi connectivity index (χ4v) is 3.82. The van der Waals surface area contributed by atoms with Gasteiger partial charge in [0.2, 0.25) is 0 Å². The predicted octanol–water partition coefficient (Wildman–Crippen LogP) is 2.39. The smallest absolute Gasteiger partial charge is 0.0540 e. The topological polar surface area (TPSA) is 35.5 Å². The molecule has 0 aromatic heterocycles. The number of piperidine rings is 1. The summed E-state index contributed by atoms with van der Waals surface area (Å²) >= 11 is 0. The van der Waals surface area contributed by atoms with Crippen LogP contribution in [0.25, 0.3) is 0 Å². The molecule has 2 aliphatic carbocycles. The van der Waals surface area contributed by atoms with E-state index in [1.807, 2.05) is 0 Å². The molecule has 1 heterocycles. The first kappa shape index (κ1) is 14.8. The van der Waals surface area contributed by atoms with Gasteiger partial charge in [-0.2, -0.15) is 0 Å². The Morgan fingerprint density at radius 2 is 1.95 bits per heavy atom. The van der Waals surface area contributed by atoms with Gasteiger partial charge in [0.05, 0.1) is 6.10 Å². The van der Waals surface area contributed by atoms with Crippen molar-refractivity contribution in [2.75, 3.05) is 19.6 Å². The average molecular weight is 280 g/mol. The Morgan fingerprint density at radius 1 is 1.15 bits per heavy atom. The lowest BCUT2D eigenvalue weighted by Gasteiger charge is -2.46. The quantitative estimate of drug-likeness (QED) is 0.751. The van der Waals surface area contributed by atoms with Crippen LogP contribution < -0.4 is 5.32 Å². The lowest BCUT2D eigenvalue weighted by atomic mass is 9.84. The largest absolute Gasteiger partial charge is 0.393 e. The SMILES string of the molecule is CCC(O)CC1CC(NCC2CC2)CN(C2CCC2)C1. The molecule has 0 amide bonds. The third kappa shape index (κ3) is 3.96. The highest BCUT2D eigenvalue weighted by Gasteiger charge is 2.34. The minimum atomic E-state index is -0.0922. The molecule has 0 aromatic carbocycles. The standard InChI is InChI=1S/C17H32N2O/c1-2-17(20)9-14-8-15(18-10-13-6-7-13)12-19(11-14)16-4-3-5-16/h13-18,20H,2-12H2,1H3. The van der Waals surface area contributed by atoms with Crippen LogP contribution in [0.5, 0.6) is 0 Å². The van der Waals surface area contributed by atoms with Gasteiger partial charge in [-0.1, -0.05) is 13.3 Å². The molecule has 2 N–H and O–H groups in total. The van der Waals surface area contributed by atoms with Gasteiger partial charge in [0.15, 0.2) is 0 Å². The summed E-state index contributed by atoms with van der Waals surface area (Å²) in [6, 6.07) is 1.51. The summed E-state index contributed by atoms with van der Waals surface area (Å²) in [6.45, 7) is 5.80. The maximum Gasteiger partial charge on any atom is 0.0540 e. The Bertz CT molecular complexity index is 301. The molecule has 0 radical (unpaired) electrons. The summed E-state index contributed by atoms with van der Waals surface area (Å²) in [7, 11) is 0. The van der Waals surface area contributed by atoms with Crippen LogP contribution in [0.4, 0.5) is 0 Å². The second kappa shape index (κ2) is 6.76. The molecule has 3 atom stereocenters. The van der Waals surface area contributed by atoms with Crippen LogP contribution in [0, 0.1) is 11.8 Å². The Morgan fingerprint density at radius 3 is 2.55 bits per heavy atom. The summed E-state index contributed by atoms with van der Waals surface area (Å²) in [5.74, 6) is 1.66. The fourth-order valence-electron chi connectivity index (χ4n) is 3.82. The molecule has 2 saturated carbocycles. The van der Waals surface area contributed by atoms with Crippen LogP contribution in [-0.4, -0.2) is 47.8 Å². The van der Waals surface area contributed by atoms with Gasteiger partial charge >= 0.3 is 0 Å². The highest BCUT2D eigenvalue weighted by Crippen LogP contribution is 2.32. The van der Waals surface area contributed by atoms with Crippen molar-refractivity contribution in [3.63, 3.8) is 0 Å². The van der Waals surface area contributed by atoms with Crippen LogP contribution in [0.2, 0.25) is 0 Å². The number of hydrogen-bond acceptors (Lipinski definition) is 3. The van der Waals surface area contributed by atoms with Crippen molar-refractivity contribution in [1.29, 1.82) is 0 Å². The summed E-state index contributed by atoms with van der Waals surface area (Å²) in [5, 5.41) is 13.8. The minimum Gasteiger partial charge on any atom is -0.393 e. The molecule has 0 aromatic rings. The van der Waals surface area contributed by atoms with E-state index in [9.17, 15) is 5.11 Å². The summed E-state index contributed by atoms with van der Waals surface area (Å²) in [5.41, 5.74) is 0. The molecule has 3 aliphatic rings. The van der Waals surface area contributed by atoms with E-state index in [1.165, 1.54) is 58.2 Å². The first-order valence-corrected chi connectivity index (χ1v) is 8.90. The van der Waals surface area contributed by atoms with Gasteiger partial charge < -0.3 is 10.4 Å². The Labute approximate surface area is 124 Å². The Hall–Kier alpha value is -0.120. The van der Waals surface area contributed by atoms with E-state index in [0.29, 0.717) is 12.0 Å². The Kier molecular flexibility index (Phi) is 5.00. The van der Waals surface area contributed by atoms with Crippen molar-refractivity contribution in [1.82, 2.24) is 10.2 Å². The lowest BCUT2D eigenvalue weighted by molar-refractivity contribution is 0.0371. The molecule has 0 bridgehead atoms. The van der Waals surface area contributed by atoms with E-state index in [0.717, 1.165) is 24.8 Å². The van der Waals surface area contributed by atoms with E-state index in [-0.39, 0.29) is 6.10 Å². The zero-order valence-electron chi connectivity index (χ0n) is 13.1. The van der Waals surface area contributed by atoms with Crippen LogP contribution >= 0.6 is 0 Å². The maximum absolute atomic E-state index is 9.98. The fraction of sp³-hybridized carbons (Fsp3) is 1.00. The molecule has 0 spiro atoms. The average Bonchev–Trinajstić information content (AvgIpc) is 3.18. The molecule has 3 fully saturated rings. The van der Waals surface area contributed by atoms with Gasteiger partial charge in [-0.05, 0) is 63.3 Å². The molecule has 116 valence electrons. The van der Waals surface area contributed by atoms with Crippen molar-refractivity contribution >= 4 is 0 Å². The van der Waals surface area contributed by atoms with Gasteiger partial charge in [0.1, 0.15) is 0 Å². The number of aliphatic hydroxyl groups is 1. The Balaban J connectivity index is 1.52. The van der Waals surface area contributed by atoms with Crippen molar-refractivity contribution < 1.29 is 5.11 Å². The van der Waals surface area contributed by atoms with E-state index in [1.54, 1.807) is 0 Å². The number of nitrogens with one attached hydrogen (secondary N) is 1. The van der Waals surface area contributed by atoms with Gasteiger partial charge in [0, 0.05) is 25.2 Å². The summed E-state index contributed by atoms with van der Waals surface area (Å²) in [4.78, 5) is 2.73. The molecular weight excluding hydrogens is 248 g/mol. The molecule has 3 rings (SSSR count). The number of hydrogen-bond donors (Lipinski definition) is 2. The minimum absolute atomic E-state index is 0.0922. The highest BCUT2D eigenvalue weighted by atomic mass is 16.3. The lowest BCUT2D eigenvalue weighted by Crippen LogP contribution is -2.54. The monoisotopic (exact) mass is 280 g/mol. The normalized spacial score (nSPS) is 33.9. The summed E-state index contributed by atoms with van der Waals surface area (Å²) < 4.78 is 0. The van der Waals surface area contributed by atoms with Gasteiger partial charge in [-0.15, -0.1) is 0 Å². The van der Waals surface area contributed by atoms with Gasteiger partial charge in [-0.3, -0.25) is 4.90 Å². The van der Waals surface area contributed by atoms with Gasteiger partial charge in [0.25, 0.3) is 0 Å².